The highest BCUT2D eigenvalue weighted by molar-refractivity contribution is 7.92. The maximum Gasteiger partial charge on any atom is 0.340 e. The van der Waals surface area contributed by atoms with Crippen molar-refractivity contribution in [2.75, 3.05) is 18.9 Å². The Balaban J connectivity index is 1.31. The first-order valence-electron chi connectivity index (χ1n) is 16.8. The summed E-state index contributed by atoms with van der Waals surface area (Å²) in [6.45, 7) is 5.72. The molecule has 1 spiro atoms. The van der Waals surface area contributed by atoms with Crippen LogP contribution in [0.15, 0.2) is 53.7 Å². The van der Waals surface area contributed by atoms with Gasteiger partial charge in [0, 0.05) is 62.0 Å². The zero-order valence-electron chi connectivity index (χ0n) is 27.9. The number of carbonyl (C=O) groups is 1. The van der Waals surface area contributed by atoms with Gasteiger partial charge in [0.25, 0.3) is 10.0 Å². The molecule has 2 aromatic rings. The minimum absolute atomic E-state index is 0.00767. The summed E-state index contributed by atoms with van der Waals surface area (Å²) in [5.74, 6) is -3.22. The first-order chi connectivity index (χ1) is 22.6. The number of aromatic nitrogens is 1. The van der Waals surface area contributed by atoms with Crippen LogP contribution in [0.4, 0.5) is 5.69 Å². The van der Waals surface area contributed by atoms with Crippen LogP contribution in [0.25, 0.3) is 0 Å². The van der Waals surface area contributed by atoms with Crippen LogP contribution in [0.1, 0.15) is 56.8 Å². The quantitative estimate of drug-likeness (QED) is 0.257. The predicted octanol–water partition coefficient (Wildman–Crippen LogP) is 2.33. The summed E-state index contributed by atoms with van der Waals surface area (Å²) < 4.78 is 47.4. The number of hydrogen-bond acceptors (Lipinski definition) is 11. The monoisotopic (exact) mass is 685 g/mol. The molecule has 5 fully saturated rings. The molecule has 4 unspecified atom stereocenters. The molecule has 6 N–H and O–H groups in total. The SMILES string of the molecule is CO[C@H]1C[C@]2(O)[C@H]3CC4C(C5C[C@H]1[C@H](OC)[C@@]52O)([C@@H]3C)[C@@H](O)CC([C@@H](C)N)[C@]4(C)OC(=O)c1ccccc1NS(=O)(=O)c1ccccn1. The lowest BCUT2D eigenvalue weighted by atomic mass is 9.43. The van der Waals surface area contributed by atoms with Crippen LogP contribution in [0.2, 0.25) is 0 Å². The van der Waals surface area contributed by atoms with Crippen molar-refractivity contribution in [1.29, 1.82) is 0 Å². The molecule has 5 aliphatic carbocycles. The molecular formula is C35H47N3O9S. The van der Waals surface area contributed by atoms with Gasteiger partial charge in [0.1, 0.15) is 16.8 Å². The Morgan fingerprint density at radius 2 is 1.77 bits per heavy atom. The Morgan fingerprint density at radius 1 is 1.06 bits per heavy atom. The molecule has 4 bridgehead atoms. The number of anilines is 1. The molecule has 0 aliphatic heterocycles. The number of fused-ring (bicyclic) bond motifs is 3. The molecule has 48 heavy (non-hydrogen) atoms. The van der Waals surface area contributed by atoms with E-state index in [1.165, 1.54) is 24.4 Å². The van der Waals surface area contributed by atoms with E-state index in [1.807, 2.05) is 20.8 Å². The summed E-state index contributed by atoms with van der Waals surface area (Å²) >= 11 is 0. The third-order valence-corrected chi connectivity index (χ3v) is 14.8. The van der Waals surface area contributed by atoms with Crippen molar-refractivity contribution >= 4 is 21.7 Å². The smallest absolute Gasteiger partial charge is 0.340 e. The summed E-state index contributed by atoms with van der Waals surface area (Å²) in [5.41, 5.74) is 1.22. The number of aliphatic hydroxyl groups excluding tert-OH is 1. The molecule has 13 heteroatoms. The number of carbonyl (C=O) groups excluding carboxylic acids is 1. The fourth-order valence-corrected chi connectivity index (χ4v) is 12.8. The topological polar surface area (TPSA) is 191 Å². The van der Waals surface area contributed by atoms with Gasteiger partial charge in [-0.25, -0.2) is 9.78 Å². The van der Waals surface area contributed by atoms with Crippen LogP contribution >= 0.6 is 0 Å². The highest BCUT2D eigenvalue weighted by atomic mass is 32.2. The van der Waals surface area contributed by atoms with Crippen LogP contribution in [-0.2, 0) is 24.2 Å². The van der Waals surface area contributed by atoms with E-state index in [0.717, 1.165) is 0 Å². The number of esters is 1. The number of nitrogens with one attached hydrogen (secondary N) is 1. The van der Waals surface area contributed by atoms with Crippen LogP contribution in [0.5, 0.6) is 0 Å². The molecule has 0 radical (unpaired) electrons. The minimum Gasteiger partial charge on any atom is -0.455 e. The summed E-state index contributed by atoms with van der Waals surface area (Å²) in [6, 6.07) is 10.3. The number of methoxy groups -OCH3 is 2. The molecule has 262 valence electrons. The average molecular weight is 686 g/mol. The van der Waals surface area contributed by atoms with E-state index < -0.39 is 80.1 Å². The van der Waals surface area contributed by atoms with Crippen molar-refractivity contribution in [3.63, 3.8) is 0 Å². The van der Waals surface area contributed by atoms with Gasteiger partial charge in [-0.05, 0) is 69.2 Å². The molecule has 14 atom stereocenters. The number of nitrogens with two attached hydrogens (primary N) is 1. The van der Waals surface area contributed by atoms with Crippen molar-refractivity contribution in [3.05, 3.63) is 54.2 Å². The molecule has 12 nitrogen and oxygen atoms in total. The fraction of sp³-hybridized carbons (Fsp3) is 0.657. The number of sulfonamides is 1. The second-order valence-electron chi connectivity index (χ2n) is 15.1. The molecule has 5 saturated carbocycles. The van der Waals surface area contributed by atoms with Crippen molar-refractivity contribution in [3.8, 4) is 0 Å². The second kappa shape index (κ2) is 11.2. The Labute approximate surface area is 281 Å². The third-order valence-electron chi connectivity index (χ3n) is 13.5. The standard InChI is InChI=1S/C35H47N3O9S/c1-18-22-15-26-32(3,47-31(40)20-10-6-7-11-24(20)38-48(43,44)29-12-8-9-13-37-29)23(19(2)36)16-28(39)34(18,26)27-14-21-25(45-4)17-33(22,41)35(27,42)30(21)46-5/h6-13,18-19,21-23,25-28,30,38-39,41-42H,14-17,36H2,1-5H3/t18-,19-,21-,22+,23?,25+,26?,27?,28+,30+,32+,33+,34?,35+/m1/s1. The number of nitrogens with zero attached hydrogens (tertiary/aromatic N) is 1. The van der Waals surface area contributed by atoms with E-state index in [1.54, 1.807) is 38.5 Å². The molecule has 1 aromatic heterocycles. The van der Waals surface area contributed by atoms with Gasteiger partial charge in [0.05, 0.1) is 29.6 Å². The molecule has 1 aromatic carbocycles. The van der Waals surface area contributed by atoms with E-state index >= 15 is 0 Å². The fourth-order valence-electron chi connectivity index (χ4n) is 11.8. The molecule has 0 amide bonds. The van der Waals surface area contributed by atoms with E-state index in [-0.39, 0.29) is 47.1 Å². The summed E-state index contributed by atoms with van der Waals surface area (Å²) in [7, 11) is -0.969. The maximum atomic E-state index is 14.3. The van der Waals surface area contributed by atoms with Crippen molar-refractivity contribution in [1.82, 2.24) is 4.98 Å². The zero-order chi connectivity index (χ0) is 34.6. The molecule has 7 rings (SSSR count). The van der Waals surface area contributed by atoms with Crippen molar-refractivity contribution in [2.24, 2.45) is 46.7 Å². The van der Waals surface area contributed by atoms with Gasteiger partial charge in [-0.3, -0.25) is 4.72 Å². The van der Waals surface area contributed by atoms with Gasteiger partial charge in [-0.15, -0.1) is 0 Å². The number of benzene rings is 1. The molecule has 5 aliphatic rings. The number of para-hydroxylation sites is 1. The van der Waals surface area contributed by atoms with Gasteiger partial charge in [-0.2, -0.15) is 8.42 Å². The first-order valence-corrected chi connectivity index (χ1v) is 18.3. The summed E-state index contributed by atoms with van der Waals surface area (Å²) in [4.78, 5) is 18.3. The lowest BCUT2D eigenvalue weighted by molar-refractivity contribution is -0.325. The van der Waals surface area contributed by atoms with Crippen molar-refractivity contribution < 1.29 is 42.7 Å². The van der Waals surface area contributed by atoms with Gasteiger partial charge in [0.2, 0.25) is 0 Å². The van der Waals surface area contributed by atoms with Crippen LogP contribution in [-0.4, -0.2) is 90.1 Å². The van der Waals surface area contributed by atoms with Gasteiger partial charge in [0.15, 0.2) is 5.03 Å². The van der Waals surface area contributed by atoms with Gasteiger partial charge in [-0.1, -0.05) is 25.1 Å². The first kappa shape index (κ1) is 33.8. The lowest BCUT2D eigenvalue weighted by Crippen LogP contribution is -2.77. The van der Waals surface area contributed by atoms with Gasteiger partial charge < -0.3 is 35.3 Å². The zero-order valence-corrected chi connectivity index (χ0v) is 28.8. The summed E-state index contributed by atoms with van der Waals surface area (Å²) in [6.07, 6.45) is 0.698. The van der Waals surface area contributed by atoms with E-state index in [9.17, 15) is 28.5 Å². The van der Waals surface area contributed by atoms with Crippen LogP contribution in [0.3, 0.4) is 0 Å². The number of pyridine rings is 1. The minimum atomic E-state index is -4.13. The molecule has 0 saturated heterocycles. The average Bonchev–Trinajstić information content (AvgIpc) is 3.50. The predicted molar refractivity (Wildman–Crippen MR) is 174 cm³/mol. The number of rotatable bonds is 8. The largest absolute Gasteiger partial charge is 0.455 e. The highest BCUT2D eigenvalue weighted by Gasteiger charge is 2.86. The molecule has 1 heterocycles. The third kappa shape index (κ3) is 4.18. The van der Waals surface area contributed by atoms with E-state index in [4.69, 9.17) is 19.9 Å². The van der Waals surface area contributed by atoms with E-state index in [2.05, 4.69) is 9.71 Å². The maximum absolute atomic E-state index is 14.3. The number of ether oxygens (including phenoxy) is 3. The van der Waals surface area contributed by atoms with Crippen LogP contribution < -0.4 is 10.5 Å². The number of hydrogen-bond donors (Lipinski definition) is 5. The van der Waals surface area contributed by atoms with E-state index in [0.29, 0.717) is 12.8 Å². The van der Waals surface area contributed by atoms with Crippen LogP contribution in [0, 0.1) is 40.9 Å². The number of aliphatic hydroxyl groups is 3. The Morgan fingerprint density at radius 3 is 2.42 bits per heavy atom. The second-order valence-corrected chi connectivity index (χ2v) is 16.8. The van der Waals surface area contributed by atoms with Gasteiger partial charge >= 0.3 is 5.97 Å². The summed E-state index contributed by atoms with van der Waals surface area (Å²) in [5, 5.41) is 37.6. The molecular weight excluding hydrogens is 638 g/mol. The Bertz CT molecular complexity index is 1690. The Kier molecular flexibility index (Phi) is 7.88. The van der Waals surface area contributed by atoms with Crippen molar-refractivity contribution in [2.45, 2.75) is 92.6 Å². The highest BCUT2D eigenvalue weighted by Crippen LogP contribution is 2.79. The lowest BCUT2D eigenvalue weighted by Gasteiger charge is -2.66. The Hall–Kier alpha value is -2.65. The normalized spacial score (nSPS) is 44.9.